The number of likely N-dealkylation sites (tertiary alicyclic amines) is 1. The quantitative estimate of drug-likeness (QED) is 0.597. The number of nitrogens with zero attached hydrogens (tertiary/aromatic N) is 4. The van der Waals surface area contributed by atoms with Crippen LogP contribution >= 0.6 is 0 Å². The normalized spacial score (nSPS) is 16.4. The maximum absolute atomic E-state index is 13.1. The summed E-state index contributed by atoms with van der Waals surface area (Å²) in [5.41, 5.74) is 2.29. The van der Waals surface area contributed by atoms with Crippen molar-refractivity contribution in [1.82, 2.24) is 24.8 Å². The van der Waals surface area contributed by atoms with Gasteiger partial charge in [-0.15, -0.1) is 0 Å². The number of piperidine rings is 1. The smallest absolute Gasteiger partial charge is 0.269 e. The van der Waals surface area contributed by atoms with E-state index in [1.807, 2.05) is 33.7 Å². The predicted molar refractivity (Wildman–Crippen MR) is 120 cm³/mol. The van der Waals surface area contributed by atoms with E-state index >= 15 is 0 Å². The molecule has 0 aliphatic carbocycles. The van der Waals surface area contributed by atoms with Gasteiger partial charge in [-0.2, -0.15) is 0 Å². The van der Waals surface area contributed by atoms with Crippen LogP contribution < -0.4 is 5.32 Å². The third kappa shape index (κ3) is 4.93. The zero-order chi connectivity index (χ0) is 21.6. The molecule has 7 nitrogen and oxygen atoms in total. The predicted octanol–water partition coefficient (Wildman–Crippen LogP) is 3.19. The van der Waals surface area contributed by atoms with Crippen LogP contribution in [0.1, 0.15) is 48.9 Å². The van der Waals surface area contributed by atoms with Crippen LogP contribution in [0.3, 0.4) is 0 Å². The fourth-order valence-corrected chi connectivity index (χ4v) is 4.22. The number of fused-ring (bicyclic) bond motifs is 1. The Morgan fingerprint density at radius 2 is 1.97 bits per heavy atom. The fraction of sp³-hybridized carbons (Fsp3) is 0.417. The summed E-state index contributed by atoms with van der Waals surface area (Å²) in [5.74, 6) is 0.856. The Morgan fingerprint density at radius 3 is 2.77 bits per heavy atom. The average molecular weight is 420 g/mol. The molecule has 1 saturated heterocycles. The van der Waals surface area contributed by atoms with Gasteiger partial charge in [0, 0.05) is 31.7 Å². The largest absolute Gasteiger partial charge is 0.351 e. The van der Waals surface area contributed by atoms with Crippen LogP contribution in [-0.2, 0) is 17.8 Å². The van der Waals surface area contributed by atoms with E-state index < -0.39 is 0 Å². The van der Waals surface area contributed by atoms with Crippen molar-refractivity contribution in [1.29, 1.82) is 0 Å². The maximum atomic E-state index is 13.1. The van der Waals surface area contributed by atoms with Crippen LogP contribution in [0.5, 0.6) is 0 Å². The van der Waals surface area contributed by atoms with Crippen LogP contribution in [-0.4, -0.2) is 50.4 Å². The molecule has 3 heterocycles. The highest BCUT2D eigenvalue weighted by molar-refractivity contribution is 5.92. The molecule has 31 heavy (non-hydrogen) atoms. The first-order chi connectivity index (χ1) is 15.1. The van der Waals surface area contributed by atoms with Crippen molar-refractivity contribution in [2.45, 2.75) is 51.6 Å². The monoisotopic (exact) mass is 419 g/mol. The third-order valence-corrected chi connectivity index (χ3v) is 5.91. The molecule has 2 aromatic heterocycles. The number of para-hydroxylation sites is 2. The maximum Gasteiger partial charge on any atom is 0.269 e. The third-order valence-electron chi connectivity index (χ3n) is 5.91. The molecule has 3 aromatic rings. The molecule has 0 radical (unpaired) electrons. The number of imidazole rings is 1. The van der Waals surface area contributed by atoms with Gasteiger partial charge < -0.3 is 14.8 Å². The van der Waals surface area contributed by atoms with Crippen LogP contribution in [0.15, 0.2) is 48.7 Å². The number of aryl methyl sites for hydroxylation is 1. The van der Waals surface area contributed by atoms with Crippen molar-refractivity contribution in [3.05, 3.63) is 60.2 Å². The van der Waals surface area contributed by atoms with Crippen LogP contribution in [0.25, 0.3) is 11.0 Å². The first-order valence-corrected chi connectivity index (χ1v) is 11.1. The van der Waals surface area contributed by atoms with Gasteiger partial charge in [-0.3, -0.25) is 14.6 Å². The Hall–Kier alpha value is -3.22. The van der Waals surface area contributed by atoms with Crippen molar-refractivity contribution < 1.29 is 9.59 Å². The zero-order valence-corrected chi connectivity index (χ0v) is 18.0. The van der Waals surface area contributed by atoms with Crippen molar-refractivity contribution in [2.75, 3.05) is 13.1 Å². The molecule has 1 aliphatic rings. The molecule has 1 N–H and O–H groups in total. The summed E-state index contributed by atoms with van der Waals surface area (Å²) in [6.07, 6.45) is 6.35. The molecule has 0 spiro atoms. The molecule has 1 unspecified atom stereocenters. The van der Waals surface area contributed by atoms with Gasteiger partial charge in [0.25, 0.3) is 5.91 Å². The Morgan fingerprint density at radius 1 is 1.13 bits per heavy atom. The molecule has 1 fully saturated rings. The minimum Gasteiger partial charge on any atom is -0.351 e. The van der Waals surface area contributed by atoms with Gasteiger partial charge in [0.15, 0.2) is 0 Å². The number of amides is 2. The number of carbonyl (C=O) groups is 2. The highest BCUT2D eigenvalue weighted by Crippen LogP contribution is 2.20. The number of aromatic nitrogens is 3. The Kier molecular flexibility index (Phi) is 6.60. The minimum atomic E-state index is -0.177. The zero-order valence-electron chi connectivity index (χ0n) is 18.0. The van der Waals surface area contributed by atoms with Gasteiger partial charge in [0.2, 0.25) is 5.91 Å². The standard InChI is InChI=1S/C24H29N5O2/c1-18-9-5-7-16-28(18)23(30)17-29-21-12-3-2-10-19(21)27-22(29)13-8-15-26-24(31)20-11-4-6-14-25-20/h2-4,6,10-12,14,18H,5,7-9,13,15-17H2,1H3,(H,26,31). The van der Waals surface area contributed by atoms with E-state index in [-0.39, 0.29) is 11.8 Å². The number of rotatable bonds is 7. The molecule has 1 atom stereocenters. The number of nitrogens with one attached hydrogen (secondary N) is 1. The van der Waals surface area contributed by atoms with Gasteiger partial charge in [0.1, 0.15) is 18.1 Å². The second kappa shape index (κ2) is 9.73. The summed E-state index contributed by atoms with van der Waals surface area (Å²) in [6.45, 7) is 3.80. The SMILES string of the molecule is CC1CCCCN1C(=O)Cn1c(CCCNC(=O)c2ccccn2)nc2ccccc21. The van der Waals surface area contributed by atoms with Crippen LogP contribution in [0.4, 0.5) is 0 Å². The number of hydrogen-bond acceptors (Lipinski definition) is 4. The number of pyridine rings is 1. The van der Waals surface area contributed by atoms with Crippen molar-refractivity contribution in [3.8, 4) is 0 Å². The molecular weight excluding hydrogens is 390 g/mol. The van der Waals surface area contributed by atoms with Gasteiger partial charge in [-0.25, -0.2) is 4.98 Å². The van der Waals surface area contributed by atoms with Gasteiger partial charge >= 0.3 is 0 Å². The minimum absolute atomic E-state index is 0.153. The molecule has 162 valence electrons. The van der Waals surface area contributed by atoms with E-state index in [9.17, 15) is 9.59 Å². The lowest BCUT2D eigenvalue weighted by atomic mass is 10.0. The number of hydrogen-bond donors (Lipinski definition) is 1. The molecule has 2 amide bonds. The lowest BCUT2D eigenvalue weighted by Crippen LogP contribution is -2.43. The Labute approximate surface area is 182 Å². The van der Waals surface area contributed by atoms with Crippen molar-refractivity contribution in [2.24, 2.45) is 0 Å². The summed E-state index contributed by atoms with van der Waals surface area (Å²) < 4.78 is 2.04. The first-order valence-electron chi connectivity index (χ1n) is 11.1. The second-order valence-corrected chi connectivity index (χ2v) is 8.11. The lowest BCUT2D eigenvalue weighted by molar-refractivity contribution is -0.135. The molecule has 0 saturated carbocycles. The van der Waals surface area contributed by atoms with Gasteiger partial charge in [-0.05, 0) is 56.9 Å². The summed E-state index contributed by atoms with van der Waals surface area (Å²) in [4.78, 5) is 36.1. The number of carbonyl (C=O) groups excluding carboxylic acids is 2. The van der Waals surface area contributed by atoms with E-state index in [4.69, 9.17) is 4.98 Å². The first kappa shape index (κ1) is 21.0. The molecule has 4 rings (SSSR count). The topological polar surface area (TPSA) is 80.1 Å². The lowest BCUT2D eigenvalue weighted by Gasteiger charge is -2.33. The average Bonchev–Trinajstić information content (AvgIpc) is 3.14. The molecule has 0 bridgehead atoms. The molecular formula is C24H29N5O2. The molecule has 1 aromatic carbocycles. The van der Waals surface area contributed by atoms with E-state index in [0.717, 1.165) is 42.7 Å². The second-order valence-electron chi connectivity index (χ2n) is 8.11. The highest BCUT2D eigenvalue weighted by Gasteiger charge is 2.24. The van der Waals surface area contributed by atoms with E-state index in [2.05, 4.69) is 17.2 Å². The van der Waals surface area contributed by atoms with E-state index in [1.54, 1.807) is 24.4 Å². The summed E-state index contributed by atoms with van der Waals surface area (Å²) in [7, 11) is 0. The fourth-order valence-electron chi connectivity index (χ4n) is 4.22. The summed E-state index contributed by atoms with van der Waals surface area (Å²) in [5, 5.41) is 2.91. The summed E-state index contributed by atoms with van der Waals surface area (Å²) in [6, 6.07) is 13.5. The van der Waals surface area contributed by atoms with Gasteiger partial charge in [-0.1, -0.05) is 18.2 Å². The van der Waals surface area contributed by atoms with E-state index in [1.165, 1.54) is 6.42 Å². The Balaban J connectivity index is 1.42. The van der Waals surface area contributed by atoms with Gasteiger partial charge in [0.05, 0.1) is 11.0 Å². The highest BCUT2D eigenvalue weighted by atomic mass is 16.2. The number of benzene rings is 1. The van der Waals surface area contributed by atoms with Crippen LogP contribution in [0, 0.1) is 0 Å². The van der Waals surface area contributed by atoms with Crippen molar-refractivity contribution >= 4 is 22.8 Å². The Bertz CT molecular complexity index is 1050. The van der Waals surface area contributed by atoms with Crippen LogP contribution in [0.2, 0.25) is 0 Å². The van der Waals surface area contributed by atoms with Crippen molar-refractivity contribution in [3.63, 3.8) is 0 Å². The summed E-state index contributed by atoms with van der Waals surface area (Å²) >= 11 is 0. The molecule has 1 aliphatic heterocycles. The van der Waals surface area contributed by atoms with E-state index in [0.29, 0.717) is 31.2 Å². The molecule has 7 heteroatoms.